The summed E-state index contributed by atoms with van der Waals surface area (Å²) in [4.78, 5) is 45.0. The Balaban J connectivity index is 1.37. The van der Waals surface area contributed by atoms with Crippen molar-refractivity contribution in [1.82, 2.24) is 30.0 Å². The van der Waals surface area contributed by atoms with Crippen molar-refractivity contribution in [3.05, 3.63) is 53.0 Å². The van der Waals surface area contributed by atoms with Gasteiger partial charge in [-0.25, -0.2) is 9.67 Å². The second-order valence-corrected chi connectivity index (χ2v) is 5.73. The van der Waals surface area contributed by atoms with Gasteiger partial charge in [0.05, 0.1) is 12.1 Å². The summed E-state index contributed by atoms with van der Waals surface area (Å²) < 4.78 is 1.36. The Morgan fingerprint density at radius 2 is 2.08 bits per heavy atom. The summed E-state index contributed by atoms with van der Waals surface area (Å²) in [7, 11) is 0. The number of aromatic nitrogens is 4. The van der Waals surface area contributed by atoms with Gasteiger partial charge in [-0.15, -0.1) is 0 Å². The van der Waals surface area contributed by atoms with Crippen molar-refractivity contribution < 1.29 is 9.59 Å². The lowest BCUT2D eigenvalue weighted by molar-refractivity contribution is -0.129. The van der Waals surface area contributed by atoms with Gasteiger partial charge in [0.25, 0.3) is 11.5 Å². The van der Waals surface area contributed by atoms with Crippen molar-refractivity contribution in [1.29, 1.82) is 0 Å². The van der Waals surface area contributed by atoms with Crippen molar-refractivity contribution in [2.24, 2.45) is 5.92 Å². The zero-order chi connectivity index (χ0) is 17.6. The van der Waals surface area contributed by atoms with E-state index in [2.05, 4.69) is 20.4 Å². The lowest BCUT2D eigenvalue weighted by Crippen LogP contribution is -2.56. The summed E-state index contributed by atoms with van der Waals surface area (Å²) in [5, 5.41) is 6.78. The van der Waals surface area contributed by atoms with Crippen LogP contribution in [0.25, 0.3) is 0 Å². The van der Waals surface area contributed by atoms with Crippen LogP contribution in [0.5, 0.6) is 0 Å². The number of nitrogens with one attached hydrogen (secondary N) is 1. The third kappa shape index (κ3) is 4.06. The highest BCUT2D eigenvalue weighted by Crippen LogP contribution is 2.17. The predicted molar refractivity (Wildman–Crippen MR) is 87.5 cm³/mol. The van der Waals surface area contributed by atoms with Gasteiger partial charge in [0, 0.05) is 50.8 Å². The van der Waals surface area contributed by atoms with Crippen LogP contribution in [0.1, 0.15) is 16.9 Å². The average Bonchev–Trinajstić information content (AvgIpc) is 2.59. The maximum atomic E-state index is 12.1. The molecule has 9 heteroatoms. The van der Waals surface area contributed by atoms with Gasteiger partial charge in [0.2, 0.25) is 5.91 Å². The van der Waals surface area contributed by atoms with Crippen LogP contribution in [0.4, 0.5) is 0 Å². The van der Waals surface area contributed by atoms with E-state index in [4.69, 9.17) is 0 Å². The maximum absolute atomic E-state index is 12.1. The van der Waals surface area contributed by atoms with Gasteiger partial charge in [0.15, 0.2) is 0 Å². The number of hydrogen-bond acceptors (Lipinski definition) is 6. The second kappa shape index (κ2) is 7.65. The third-order valence-electron chi connectivity index (χ3n) is 3.95. The molecule has 0 radical (unpaired) electrons. The Hall–Kier alpha value is -3.10. The van der Waals surface area contributed by atoms with Crippen molar-refractivity contribution in [3.8, 4) is 0 Å². The molecule has 9 nitrogen and oxygen atoms in total. The first kappa shape index (κ1) is 16.7. The SMILES string of the molecule is O=C(NCCCn1ncccc1=O)C1CN(C(=O)c2cnccn2)C1. The van der Waals surface area contributed by atoms with Crippen molar-refractivity contribution >= 4 is 11.8 Å². The summed E-state index contributed by atoms with van der Waals surface area (Å²) in [6.45, 7) is 1.65. The molecule has 0 unspecified atom stereocenters. The number of nitrogens with zero attached hydrogens (tertiary/aromatic N) is 5. The van der Waals surface area contributed by atoms with E-state index in [1.165, 1.54) is 29.3 Å². The molecule has 1 N–H and O–H groups in total. The highest BCUT2D eigenvalue weighted by molar-refractivity contribution is 5.94. The van der Waals surface area contributed by atoms with Gasteiger partial charge in [-0.2, -0.15) is 5.10 Å². The zero-order valence-electron chi connectivity index (χ0n) is 13.5. The minimum absolute atomic E-state index is 0.0865. The Morgan fingerprint density at radius 3 is 2.80 bits per heavy atom. The van der Waals surface area contributed by atoms with E-state index in [0.29, 0.717) is 32.6 Å². The molecule has 1 aliphatic heterocycles. The molecule has 1 aliphatic rings. The third-order valence-corrected chi connectivity index (χ3v) is 3.95. The second-order valence-electron chi connectivity index (χ2n) is 5.73. The minimum Gasteiger partial charge on any atom is -0.356 e. The van der Waals surface area contributed by atoms with Crippen LogP contribution in [-0.2, 0) is 11.3 Å². The molecule has 1 saturated heterocycles. The van der Waals surface area contributed by atoms with Crippen molar-refractivity contribution in [3.63, 3.8) is 0 Å². The molecule has 2 aromatic rings. The topological polar surface area (TPSA) is 110 Å². The highest BCUT2D eigenvalue weighted by Gasteiger charge is 2.36. The van der Waals surface area contributed by atoms with Crippen LogP contribution in [0.3, 0.4) is 0 Å². The van der Waals surface area contributed by atoms with Crippen LogP contribution in [0, 0.1) is 5.92 Å². The van der Waals surface area contributed by atoms with Crippen LogP contribution < -0.4 is 10.9 Å². The molecule has 0 aromatic carbocycles. The molecule has 1 fully saturated rings. The summed E-state index contributed by atoms with van der Waals surface area (Å²) in [5.41, 5.74) is 0.119. The number of rotatable bonds is 6. The van der Waals surface area contributed by atoms with E-state index in [9.17, 15) is 14.4 Å². The summed E-state index contributed by atoms with van der Waals surface area (Å²) in [5.74, 6) is -0.513. The molecular formula is C16H18N6O3. The average molecular weight is 342 g/mol. The minimum atomic E-state index is -0.216. The summed E-state index contributed by atoms with van der Waals surface area (Å²) in [6.07, 6.45) is 6.54. The molecule has 0 saturated carbocycles. The van der Waals surface area contributed by atoms with Crippen LogP contribution in [-0.4, -0.2) is 56.1 Å². The maximum Gasteiger partial charge on any atom is 0.274 e. The normalized spacial score (nSPS) is 14.0. The fourth-order valence-electron chi connectivity index (χ4n) is 2.52. The number of carbonyl (C=O) groups is 2. The monoisotopic (exact) mass is 342 g/mol. The quantitative estimate of drug-likeness (QED) is 0.696. The largest absolute Gasteiger partial charge is 0.356 e. The molecule has 0 aliphatic carbocycles. The number of amides is 2. The fourth-order valence-corrected chi connectivity index (χ4v) is 2.52. The molecular weight excluding hydrogens is 324 g/mol. The fraction of sp³-hybridized carbons (Fsp3) is 0.375. The zero-order valence-corrected chi connectivity index (χ0v) is 13.5. The lowest BCUT2D eigenvalue weighted by atomic mass is 9.98. The number of carbonyl (C=O) groups excluding carboxylic acids is 2. The van der Waals surface area contributed by atoms with Crippen molar-refractivity contribution in [2.75, 3.05) is 19.6 Å². The molecule has 2 amide bonds. The van der Waals surface area contributed by atoms with E-state index < -0.39 is 0 Å². The Bertz CT molecular complexity index is 801. The molecule has 0 spiro atoms. The first-order chi connectivity index (χ1) is 12.1. The van der Waals surface area contributed by atoms with Gasteiger partial charge in [-0.3, -0.25) is 19.4 Å². The van der Waals surface area contributed by atoms with E-state index in [-0.39, 0.29) is 29.0 Å². The van der Waals surface area contributed by atoms with E-state index in [0.717, 1.165) is 0 Å². The summed E-state index contributed by atoms with van der Waals surface area (Å²) >= 11 is 0. The molecule has 3 heterocycles. The first-order valence-corrected chi connectivity index (χ1v) is 8.00. The van der Waals surface area contributed by atoms with E-state index in [1.54, 1.807) is 17.2 Å². The lowest BCUT2D eigenvalue weighted by Gasteiger charge is -2.37. The summed E-state index contributed by atoms with van der Waals surface area (Å²) in [6, 6.07) is 3.04. The predicted octanol–water partition coefficient (Wildman–Crippen LogP) is -0.688. The molecule has 130 valence electrons. The number of aryl methyl sites for hydroxylation is 1. The molecule has 2 aromatic heterocycles. The van der Waals surface area contributed by atoms with E-state index >= 15 is 0 Å². The van der Waals surface area contributed by atoms with Gasteiger partial charge in [-0.1, -0.05) is 0 Å². The van der Waals surface area contributed by atoms with Gasteiger partial charge in [-0.05, 0) is 12.5 Å². The Morgan fingerprint density at radius 1 is 1.24 bits per heavy atom. The Labute approximate surface area is 143 Å². The Kier molecular flexibility index (Phi) is 5.12. The van der Waals surface area contributed by atoms with Crippen LogP contribution >= 0.6 is 0 Å². The van der Waals surface area contributed by atoms with Gasteiger partial charge >= 0.3 is 0 Å². The van der Waals surface area contributed by atoms with E-state index in [1.807, 2.05) is 0 Å². The molecule has 25 heavy (non-hydrogen) atoms. The molecule has 3 rings (SSSR count). The molecule has 0 atom stereocenters. The van der Waals surface area contributed by atoms with Crippen LogP contribution in [0.2, 0.25) is 0 Å². The van der Waals surface area contributed by atoms with Crippen LogP contribution in [0.15, 0.2) is 41.7 Å². The highest BCUT2D eigenvalue weighted by atomic mass is 16.2. The van der Waals surface area contributed by atoms with Gasteiger partial charge < -0.3 is 10.2 Å². The first-order valence-electron chi connectivity index (χ1n) is 8.00. The van der Waals surface area contributed by atoms with Gasteiger partial charge in [0.1, 0.15) is 5.69 Å². The smallest absolute Gasteiger partial charge is 0.274 e. The number of hydrogen-bond donors (Lipinski definition) is 1. The van der Waals surface area contributed by atoms with Crippen molar-refractivity contribution in [2.45, 2.75) is 13.0 Å². The molecule has 0 bridgehead atoms. The standard InChI is InChI=1S/C16H18N6O3/c23-14-3-1-5-20-22(14)8-2-4-19-15(24)12-10-21(11-12)16(25)13-9-17-6-7-18-13/h1,3,5-7,9,12H,2,4,8,10-11H2,(H,19,24). The number of likely N-dealkylation sites (tertiary alicyclic amines) is 1.